The second kappa shape index (κ2) is 3.33. The summed E-state index contributed by atoms with van der Waals surface area (Å²) in [4.78, 5) is 19.5. The van der Waals surface area contributed by atoms with E-state index >= 15 is 0 Å². The fourth-order valence-electron chi connectivity index (χ4n) is 1.23. The monoisotopic (exact) mass is 195 g/mol. The molecule has 0 aliphatic carbocycles. The topological polar surface area (TPSA) is 54.9 Å². The van der Waals surface area contributed by atoms with Crippen molar-refractivity contribution in [3.05, 3.63) is 17.5 Å². The van der Waals surface area contributed by atoms with Gasteiger partial charge in [-0.15, -0.1) is 0 Å². The molecule has 1 aromatic heterocycles. The highest BCUT2D eigenvalue weighted by atomic mass is 32.2. The largest absolute Gasteiger partial charge is 0.352 e. The van der Waals surface area contributed by atoms with Crippen LogP contribution in [-0.4, -0.2) is 22.1 Å². The molecule has 13 heavy (non-hydrogen) atoms. The molecule has 1 aliphatic heterocycles. The van der Waals surface area contributed by atoms with Crippen molar-refractivity contribution in [3.63, 3.8) is 0 Å². The molecule has 1 amide bonds. The molecule has 4 nitrogen and oxygen atoms in total. The van der Waals surface area contributed by atoms with Gasteiger partial charge >= 0.3 is 0 Å². The van der Waals surface area contributed by atoms with Gasteiger partial charge in [0, 0.05) is 18.3 Å². The van der Waals surface area contributed by atoms with Crippen molar-refractivity contribution >= 4 is 17.7 Å². The number of thioether (sulfide) groups is 1. The molecule has 0 atom stereocenters. The smallest absolute Gasteiger partial charge is 0.226 e. The summed E-state index contributed by atoms with van der Waals surface area (Å²) in [6, 6.07) is 0. The zero-order chi connectivity index (χ0) is 9.26. The molecular weight excluding hydrogens is 186 g/mol. The highest BCUT2D eigenvalue weighted by Gasteiger charge is 2.16. The van der Waals surface area contributed by atoms with Crippen molar-refractivity contribution in [2.45, 2.75) is 18.1 Å². The maximum absolute atomic E-state index is 11.0. The highest BCUT2D eigenvalue weighted by molar-refractivity contribution is 7.98. The van der Waals surface area contributed by atoms with Crippen molar-refractivity contribution in [1.29, 1.82) is 0 Å². The fourth-order valence-corrected chi connectivity index (χ4v) is 1.59. The van der Waals surface area contributed by atoms with E-state index in [1.807, 2.05) is 6.26 Å². The van der Waals surface area contributed by atoms with Gasteiger partial charge in [-0.1, -0.05) is 11.8 Å². The van der Waals surface area contributed by atoms with E-state index in [0.717, 1.165) is 16.4 Å². The summed E-state index contributed by atoms with van der Waals surface area (Å²) in [5.41, 5.74) is 1.89. The fraction of sp³-hybridized carbons (Fsp3) is 0.375. The number of carbonyl (C=O) groups is 1. The molecule has 0 bridgehead atoms. The van der Waals surface area contributed by atoms with Crippen LogP contribution in [0.4, 0.5) is 0 Å². The van der Waals surface area contributed by atoms with Crippen molar-refractivity contribution in [3.8, 4) is 0 Å². The van der Waals surface area contributed by atoms with Gasteiger partial charge < -0.3 is 5.32 Å². The van der Waals surface area contributed by atoms with Gasteiger partial charge in [-0.2, -0.15) is 0 Å². The summed E-state index contributed by atoms with van der Waals surface area (Å²) in [6.45, 7) is 0.558. The molecule has 1 N–H and O–H groups in total. The van der Waals surface area contributed by atoms with E-state index in [2.05, 4.69) is 15.3 Å². The van der Waals surface area contributed by atoms with E-state index in [1.165, 1.54) is 11.8 Å². The molecule has 1 aromatic rings. The Hall–Kier alpha value is -1.10. The number of hydrogen-bond acceptors (Lipinski definition) is 4. The Bertz CT molecular complexity index is 353. The van der Waals surface area contributed by atoms with E-state index < -0.39 is 0 Å². The second-order valence-electron chi connectivity index (χ2n) is 2.78. The van der Waals surface area contributed by atoms with Crippen LogP contribution in [0.3, 0.4) is 0 Å². The number of fused-ring (bicyclic) bond motifs is 1. The third kappa shape index (κ3) is 1.65. The van der Waals surface area contributed by atoms with E-state index in [9.17, 15) is 4.79 Å². The Morgan fingerprint density at radius 3 is 3.23 bits per heavy atom. The van der Waals surface area contributed by atoms with Gasteiger partial charge in [0.15, 0.2) is 5.16 Å². The molecule has 0 unspecified atom stereocenters. The van der Waals surface area contributed by atoms with Crippen LogP contribution in [0.15, 0.2) is 11.4 Å². The minimum absolute atomic E-state index is 0.0400. The Morgan fingerprint density at radius 1 is 1.62 bits per heavy atom. The minimum Gasteiger partial charge on any atom is -0.352 e. The van der Waals surface area contributed by atoms with Crippen molar-refractivity contribution in [2.24, 2.45) is 0 Å². The number of nitrogens with zero attached hydrogens (tertiary/aromatic N) is 2. The number of aromatic nitrogens is 2. The first-order chi connectivity index (χ1) is 6.29. The van der Waals surface area contributed by atoms with Gasteiger partial charge in [-0.3, -0.25) is 4.79 Å². The van der Waals surface area contributed by atoms with Crippen LogP contribution >= 0.6 is 11.8 Å². The van der Waals surface area contributed by atoms with Crippen LogP contribution in [0.1, 0.15) is 11.3 Å². The van der Waals surface area contributed by atoms with Gasteiger partial charge in [0.2, 0.25) is 5.91 Å². The van der Waals surface area contributed by atoms with Crippen LogP contribution in [0.2, 0.25) is 0 Å². The molecule has 68 valence electrons. The zero-order valence-electron chi connectivity index (χ0n) is 7.20. The van der Waals surface area contributed by atoms with Gasteiger partial charge in [-0.05, 0) is 6.26 Å². The van der Waals surface area contributed by atoms with Gasteiger partial charge in [0.1, 0.15) is 0 Å². The second-order valence-corrected chi connectivity index (χ2v) is 3.56. The quantitative estimate of drug-likeness (QED) is 0.519. The molecular formula is C8H9N3OS. The standard InChI is InChI=1S/C8H9N3OS/c1-13-8-10-4-5-3-9-7(12)2-6(5)11-8/h4H,2-3H2,1H3,(H,9,12). The van der Waals surface area contributed by atoms with Crippen LogP contribution in [-0.2, 0) is 17.8 Å². The number of carbonyl (C=O) groups excluding carboxylic acids is 1. The summed E-state index contributed by atoms with van der Waals surface area (Å²) in [5, 5.41) is 3.48. The molecule has 0 saturated carbocycles. The summed E-state index contributed by atoms with van der Waals surface area (Å²) in [7, 11) is 0. The lowest BCUT2D eigenvalue weighted by molar-refractivity contribution is -0.121. The molecule has 0 fully saturated rings. The Kier molecular flexibility index (Phi) is 2.18. The highest BCUT2D eigenvalue weighted by Crippen LogP contribution is 2.14. The van der Waals surface area contributed by atoms with Crippen LogP contribution in [0.5, 0.6) is 0 Å². The molecule has 2 heterocycles. The molecule has 2 rings (SSSR count). The molecule has 1 aliphatic rings. The van der Waals surface area contributed by atoms with Crippen molar-refractivity contribution in [2.75, 3.05) is 6.26 Å². The Balaban J connectivity index is 2.38. The maximum Gasteiger partial charge on any atom is 0.226 e. The number of nitrogens with one attached hydrogen (secondary N) is 1. The Labute approximate surface area is 80.2 Å². The molecule has 0 aromatic carbocycles. The lowest BCUT2D eigenvalue weighted by Crippen LogP contribution is -2.31. The van der Waals surface area contributed by atoms with Gasteiger partial charge in [0.05, 0.1) is 12.1 Å². The summed E-state index contributed by atoms with van der Waals surface area (Å²) < 4.78 is 0. The molecule has 0 radical (unpaired) electrons. The minimum atomic E-state index is 0.0400. The van der Waals surface area contributed by atoms with E-state index in [1.54, 1.807) is 6.20 Å². The molecule has 0 saturated heterocycles. The normalized spacial score (nSPS) is 15.0. The third-order valence-corrected chi connectivity index (χ3v) is 2.48. The predicted molar refractivity (Wildman–Crippen MR) is 49.4 cm³/mol. The van der Waals surface area contributed by atoms with E-state index in [0.29, 0.717) is 13.0 Å². The lowest BCUT2D eigenvalue weighted by Gasteiger charge is -2.15. The third-order valence-electron chi connectivity index (χ3n) is 1.92. The first-order valence-corrected chi connectivity index (χ1v) is 5.17. The van der Waals surface area contributed by atoms with Crippen LogP contribution in [0, 0.1) is 0 Å². The summed E-state index contributed by atoms with van der Waals surface area (Å²) in [5.74, 6) is 0.0400. The number of rotatable bonds is 1. The van der Waals surface area contributed by atoms with Gasteiger partial charge in [0.25, 0.3) is 0 Å². The van der Waals surface area contributed by atoms with Crippen molar-refractivity contribution in [1.82, 2.24) is 15.3 Å². The number of amides is 1. The zero-order valence-corrected chi connectivity index (χ0v) is 8.02. The number of hydrogen-bond donors (Lipinski definition) is 1. The van der Waals surface area contributed by atoms with E-state index in [-0.39, 0.29) is 5.91 Å². The first-order valence-electron chi connectivity index (χ1n) is 3.95. The molecule has 5 heteroatoms. The molecule has 0 spiro atoms. The van der Waals surface area contributed by atoms with Crippen molar-refractivity contribution < 1.29 is 4.79 Å². The van der Waals surface area contributed by atoms with Crippen LogP contribution < -0.4 is 5.32 Å². The predicted octanol–water partition coefficient (Wildman–Crippen LogP) is 0.371. The Morgan fingerprint density at radius 2 is 2.46 bits per heavy atom. The first kappa shape index (κ1) is 8.50. The lowest BCUT2D eigenvalue weighted by atomic mass is 10.1. The SMILES string of the molecule is CSc1ncc2c(n1)CC(=O)NC2. The van der Waals surface area contributed by atoms with Crippen LogP contribution in [0.25, 0.3) is 0 Å². The van der Waals surface area contributed by atoms with Gasteiger partial charge in [-0.25, -0.2) is 9.97 Å². The summed E-state index contributed by atoms with van der Waals surface area (Å²) >= 11 is 1.49. The van der Waals surface area contributed by atoms with E-state index in [4.69, 9.17) is 0 Å². The maximum atomic E-state index is 11.0. The average molecular weight is 195 g/mol. The average Bonchev–Trinajstić information content (AvgIpc) is 2.16. The summed E-state index contributed by atoms with van der Waals surface area (Å²) in [6.07, 6.45) is 4.09.